The minimum absolute atomic E-state index is 0.0851. The smallest absolute Gasteiger partial charge is 0.246 e. The number of hydrogen-bond acceptors (Lipinski definition) is 7. The molecule has 0 saturated heterocycles. The van der Waals surface area contributed by atoms with E-state index >= 15 is 0 Å². The Morgan fingerprint density at radius 1 is 1.19 bits per heavy atom. The predicted octanol–water partition coefficient (Wildman–Crippen LogP) is 2.56. The normalized spacial score (nSPS) is 15.0. The van der Waals surface area contributed by atoms with Crippen molar-refractivity contribution in [3.63, 3.8) is 0 Å². The molecule has 0 atom stereocenters. The minimum atomic E-state index is -3.36. The van der Waals surface area contributed by atoms with Crippen molar-refractivity contribution in [2.24, 2.45) is 0 Å². The van der Waals surface area contributed by atoms with Crippen molar-refractivity contribution in [3.8, 4) is 10.6 Å². The van der Waals surface area contributed by atoms with Crippen LogP contribution >= 0.6 is 11.3 Å². The van der Waals surface area contributed by atoms with Gasteiger partial charge in [-0.1, -0.05) is 12.1 Å². The number of sulfone groups is 1. The number of hydrogen-bond donors (Lipinski definition) is 0. The van der Waals surface area contributed by atoms with Gasteiger partial charge in [-0.3, -0.25) is 9.88 Å². The molecule has 1 aliphatic heterocycles. The summed E-state index contributed by atoms with van der Waals surface area (Å²) in [6.07, 6.45) is 5.43. The second kappa shape index (κ2) is 6.86. The van der Waals surface area contributed by atoms with Crippen molar-refractivity contribution in [2.75, 3.05) is 12.8 Å². The first kappa shape index (κ1) is 17.3. The van der Waals surface area contributed by atoms with Gasteiger partial charge in [0.2, 0.25) is 15.0 Å². The van der Waals surface area contributed by atoms with Crippen molar-refractivity contribution in [2.45, 2.75) is 24.7 Å². The highest BCUT2D eigenvalue weighted by Crippen LogP contribution is 2.23. The van der Waals surface area contributed by atoms with Crippen LogP contribution in [0.5, 0.6) is 0 Å². The number of rotatable bonds is 4. The first-order valence-electron chi connectivity index (χ1n) is 8.25. The van der Waals surface area contributed by atoms with Gasteiger partial charge in [-0.2, -0.15) is 0 Å². The molecule has 0 radical (unpaired) electrons. The van der Waals surface area contributed by atoms with Crippen LogP contribution in [-0.2, 0) is 29.3 Å². The zero-order valence-corrected chi connectivity index (χ0v) is 15.9. The van der Waals surface area contributed by atoms with Crippen LogP contribution in [0, 0.1) is 0 Å². The predicted molar refractivity (Wildman–Crippen MR) is 101 cm³/mol. The molecular weight excluding hydrogens is 368 g/mol. The lowest BCUT2D eigenvalue weighted by Gasteiger charge is -2.27. The summed E-state index contributed by atoms with van der Waals surface area (Å²) in [5.41, 5.74) is 3.98. The second-order valence-corrected chi connectivity index (χ2v) is 9.24. The van der Waals surface area contributed by atoms with Crippen LogP contribution in [0.25, 0.3) is 10.6 Å². The van der Waals surface area contributed by atoms with Gasteiger partial charge in [0.1, 0.15) is 0 Å². The Labute approximate surface area is 156 Å². The zero-order chi connectivity index (χ0) is 18.1. The number of nitrogens with zero attached hydrogens (tertiary/aromatic N) is 4. The molecule has 0 saturated carbocycles. The third-order valence-corrected chi connectivity index (χ3v) is 6.08. The number of pyridine rings is 1. The SMILES string of the molecule is CS(=O)(=O)c1ncc2c(n1)CCN(Cc1ccc(-c3cccs3)nc1)C2. The first-order chi connectivity index (χ1) is 12.5. The van der Waals surface area contributed by atoms with Gasteiger partial charge in [0.15, 0.2) is 0 Å². The maximum atomic E-state index is 11.6. The Morgan fingerprint density at radius 2 is 2.08 bits per heavy atom. The summed E-state index contributed by atoms with van der Waals surface area (Å²) in [6.45, 7) is 2.34. The van der Waals surface area contributed by atoms with Crippen LogP contribution in [0.3, 0.4) is 0 Å². The van der Waals surface area contributed by atoms with Crippen molar-refractivity contribution < 1.29 is 8.42 Å². The van der Waals surface area contributed by atoms with Gasteiger partial charge >= 0.3 is 0 Å². The van der Waals surface area contributed by atoms with E-state index < -0.39 is 9.84 Å². The molecule has 134 valence electrons. The van der Waals surface area contributed by atoms with Crippen LogP contribution in [-0.4, -0.2) is 41.1 Å². The van der Waals surface area contributed by atoms with Gasteiger partial charge in [0.05, 0.1) is 16.3 Å². The molecule has 3 aromatic heterocycles. The lowest BCUT2D eigenvalue weighted by atomic mass is 10.1. The number of thiophene rings is 1. The van der Waals surface area contributed by atoms with Gasteiger partial charge in [0.25, 0.3) is 0 Å². The molecule has 0 unspecified atom stereocenters. The third-order valence-electron chi connectivity index (χ3n) is 4.33. The van der Waals surface area contributed by atoms with Crippen LogP contribution in [0.15, 0.2) is 47.2 Å². The van der Waals surface area contributed by atoms with E-state index in [0.29, 0.717) is 6.54 Å². The van der Waals surface area contributed by atoms with Crippen LogP contribution < -0.4 is 0 Å². The Balaban J connectivity index is 1.46. The summed E-state index contributed by atoms with van der Waals surface area (Å²) in [5, 5.41) is 1.96. The highest BCUT2D eigenvalue weighted by molar-refractivity contribution is 7.90. The molecule has 0 amide bonds. The van der Waals surface area contributed by atoms with E-state index in [1.165, 1.54) is 4.88 Å². The molecule has 1 aliphatic rings. The van der Waals surface area contributed by atoms with Crippen LogP contribution in [0.2, 0.25) is 0 Å². The second-order valence-electron chi connectivity index (χ2n) is 6.39. The lowest BCUT2D eigenvalue weighted by molar-refractivity contribution is 0.242. The first-order valence-corrected chi connectivity index (χ1v) is 11.0. The van der Waals surface area contributed by atoms with Crippen molar-refractivity contribution in [3.05, 3.63) is 58.9 Å². The van der Waals surface area contributed by atoms with Gasteiger partial charge in [-0.15, -0.1) is 11.3 Å². The summed E-state index contributed by atoms with van der Waals surface area (Å²) in [6, 6.07) is 8.26. The summed E-state index contributed by atoms with van der Waals surface area (Å²) in [4.78, 5) is 16.3. The van der Waals surface area contributed by atoms with Crippen molar-refractivity contribution >= 4 is 21.2 Å². The molecule has 6 nitrogen and oxygen atoms in total. The van der Waals surface area contributed by atoms with E-state index in [1.807, 2.05) is 17.6 Å². The Kier molecular flexibility index (Phi) is 4.56. The maximum Gasteiger partial charge on any atom is 0.246 e. The third kappa shape index (κ3) is 3.67. The van der Waals surface area contributed by atoms with Gasteiger partial charge < -0.3 is 0 Å². The zero-order valence-electron chi connectivity index (χ0n) is 14.3. The average Bonchev–Trinajstić information content (AvgIpc) is 3.16. The molecule has 4 heterocycles. The fourth-order valence-electron chi connectivity index (χ4n) is 3.02. The quantitative estimate of drug-likeness (QED) is 0.642. The molecule has 0 N–H and O–H groups in total. The topological polar surface area (TPSA) is 76.1 Å². The summed E-state index contributed by atoms with van der Waals surface area (Å²) < 4.78 is 23.2. The Hall–Kier alpha value is -2.16. The molecule has 0 fully saturated rings. The lowest BCUT2D eigenvalue weighted by Crippen LogP contribution is -2.31. The molecule has 0 bridgehead atoms. The molecule has 0 spiro atoms. The summed E-state index contributed by atoms with van der Waals surface area (Å²) >= 11 is 1.68. The van der Waals surface area contributed by atoms with E-state index in [9.17, 15) is 8.42 Å². The molecule has 4 rings (SSSR count). The standard InChI is InChI=1S/C18H18N4O2S2/c1-26(23,24)18-20-10-14-12-22(7-6-15(14)21-18)11-13-4-5-16(19-9-13)17-3-2-8-25-17/h2-5,8-10H,6-7,11-12H2,1H3. The molecular formula is C18H18N4O2S2. The molecule has 3 aromatic rings. The average molecular weight is 387 g/mol. The monoisotopic (exact) mass is 386 g/mol. The molecule has 0 aliphatic carbocycles. The summed E-state index contributed by atoms with van der Waals surface area (Å²) in [7, 11) is -3.36. The Morgan fingerprint density at radius 3 is 2.77 bits per heavy atom. The van der Waals surface area contributed by atoms with Gasteiger partial charge in [-0.25, -0.2) is 18.4 Å². The van der Waals surface area contributed by atoms with E-state index in [2.05, 4.69) is 38.1 Å². The van der Waals surface area contributed by atoms with Gasteiger partial charge in [0, 0.05) is 50.3 Å². The highest BCUT2D eigenvalue weighted by atomic mass is 32.2. The van der Waals surface area contributed by atoms with Crippen molar-refractivity contribution in [1.82, 2.24) is 19.9 Å². The molecule has 26 heavy (non-hydrogen) atoms. The van der Waals surface area contributed by atoms with E-state index in [1.54, 1.807) is 17.5 Å². The fraction of sp³-hybridized carbons (Fsp3) is 0.278. The van der Waals surface area contributed by atoms with Crippen LogP contribution in [0.4, 0.5) is 0 Å². The summed E-state index contributed by atoms with van der Waals surface area (Å²) in [5.74, 6) is 0. The highest BCUT2D eigenvalue weighted by Gasteiger charge is 2.21. The largest absolute Gasteiger partial charge is 0.294 e. The maximum absolute atomic E-state index is 11.6. The van der Waals surface area contributed by atoms with E-state index in [-0.39, 0.29) is 5.16 Å². The van der Waals surface area contributed by atoms with Gasteiger partial charge in [-0.05, 0) is 23.1 Å². The van der Waals surface area contributed by atoms with E-state index in [0.717, 1.165) is 48.3 Å². The Bertz CT molecular complexity index is 1020. The van der Waals surface area contributed by atoms with E-state index in [4.69, 9.17) is 0 Å². The molecule has 0 aromatic carbocycles. The fourth-order valence-corrected chi connectivity index (χ4v) is 4.24. The van der Waals surface area contributed by atoms with Crippen LogP contribution in [0.1, 0.15) is 16.8 Å². The number of fused-ring (bicyclic) bond motifs is 1. The number of aromatic nitrogens is 3. The molecule has 8 heteroatoms. The van der Waals surface area contributed by atoms with Crippen molar-refractivity contribution in [1.29, 1.82) is 0 Å². The minimum Gasteiger partial charge on any atom is -0.294 e.